The summed E-state index contributed by atoms with van der Waals surface area (Å²) in [7, 11) is 3.51. The average Bonchev–Trinajstić information content (AvgIpc) is 2.86. The van der Waals surface area contributed by atoms with Crippen molar-refractivity contribution in [1.29, 1.82) is 0 Å². The minimum Gasteiger partial charge on any atom is -0.469 e. The Labute approximate surface area is 137 Å². The van der Waals surface area contributed by atoms with Crippen molar-refractivity contribution >= 4 is 33.2 Å². The van der Waals surface area contributed by atoms with Crippen molar-refractivity contribution in [2.75, 3.05) is 14.2 Å². The fourth-order valence-corrected chi connectivity index (χ4v) is 3.69. The van der Waals surface area contributed by atoms with Gasteiger partial charge < -0.3 is 4.74 Å². The molecular formula is C16H18BrNO2S. The van der Waals surface area contributed by atoms with Crippen molar-refractivity contribution in [3.05, 3.63) is 56.2 Å². The highest BCUT2D eigenvalue weighted by Crippen LogP contribution is 2.22. The van der Waals surface area contributed by atoms with Crippen molar-refractivity contribution in [2.24, 2.45) is 0 Å². The van der Waals surface area contributed by atoms with E-state index in [1.54, 1.807) is 11.3 Å². The van der Waals surface area contributed by atoms with Gasteiger partial charge in [-0.1, -0.05) is 24.3 Å². The Morgan fingerprint density at radius 2 is 2.00 bits per heavy atom. The molecule has 0 saturated heterocycles. The molecule has 0 spiro atoms. The van der Waals surface area contributed by atoms with Crippen LogP contribution in [0.5, 0.6) is 0 Å². The first-order valence-corrected chi connectivity index (χ1v) is 8.31. The second kappa shape index (κ2) is 7.73. The van der Waals surface area contributed by atoms with Gasteiger partial charge in [0.05, 0.1) is 13.5 Å². The van der Waals surface area contributed by atoms with E-state index in [9.17, 15) is 4.79 Å². The molecule has 0 aliphatic carbocycles. The summed E-state index contributed by atoms with van der Waals surface area (Å²) in [6.07, 6.45) is 0.324. The number of rotatable bonds is 6. The van der Waals surface area contributed by atoms with Crippen LogP contribution >= 0.6 is 27.3 Å². The smallest absolute Gasteiger partial charge is 0.309 e. The van der Waals surface area contributed by atoms with E-state index >= 15 is 0 Å². The zero-order chi connectivity index (χ0) is 15.2. The topological polar surface area (TPSA) is 29.5 Å². The second-order valence-corrected chi connectivity index (χ2v) is 6.84. The summed E-state index contributed by atoms with van der Waals surface area (Å²) < 4.78 is 5.88. The van der Waals surface area contributed by atoms with E-state index in [-0.39, 0.29) is 5.97 Å². The van der Waals surface area contributed by atoms with Gasteiger partial charge in [-0.3, -0.25) is 9.69 Å². The minimum absolute atomic E-state index is 0.202. The summed E-state index contributed by atoms with van der Waals surface area (Å²) in [5.41, 5.74) is 2.20. The fourth-order valence-electron chi connectivity index (χ4n) is 2.16. The molecule has 0 amide bonds. The molecule has 0 saturated carbocycles. The Bertz CT molecular complexity index is 612. The number of benzene rings is 1. The highest BCUT2D eigenvalue weighted by Gasteiger charge is 2.10. The van der Waals surface area contributed by atoms with E-state index in [0.29, 0.717) is 6.42 Å². The normalized spacial score (nSPS) is 10.9. The third-order valence-corrected chi connectivity index (χ3v) is 4.85. The van der Waals surface area contributed by atoms with Crippen LogP contribution in [0.15, 0.2) is 40.2 Å². The van der Waals surface area contributed by atoms with Crippen LogP contribution in [0.4, 0.5) is 0 Å². The largest absolute Gasteiger partial charge is 0.469 e. The summed E-state index contributed by atoms with van der Waals surface area (Å²) in [6.45, 7) is 1.70. The van der Waals surface area contributed by atoms with Crippen molar-refractivity contribution in [1.82, 2.24) is 4.90 Å². The Morgan fingerprint density at radius 3 is 2.62 bits per heavy atom. The summed E-state index contributed by atoms with van der Waals surface area (Å²) in [5, 5.41) is 2.09. The molecule has 112 valence electrons. The van der Waals surface area contributed by atoms with Gasteiger partial charge in [-0.2, -0.15) is 0 Å². The van der Waals surface area contributed by atoms with Crippen LogP contribution in [-0.2, 0) is 29.0 Å². The zero-order valence-corrected chi connectivity index (χ0v) is 14.5. The number of ether oxygens (including phenoxy) is 1. The van der Waals surface area contributed by atoms with Gasteiger partial charge in [0, 0.05) is 27.8 Å². The SMILES string of the molecule is COC(=O)Cc1ccccc1CN(C)Cc1cc(Br)cs1. The van der Waals surface area contributed by atoms with Crippen LogP contribution in [0.2, 0.25) is 0 Å². The van der Waals surface area contributed by atoms with Crippen molar-refractivity contribution < 1.29 is 9.53 Å². The van der Waals surface area contributed by atoms with Gasteiger partial charge in [0.15, 0.2) is 0 Å². The molecule has 21 heavy (non-hydrogen) atoms. The van der Waals surface area contributed by atoms with Crippen LogP contribution in [0.3, 0.4) is 0 Å². The second-order valence-electron chi connectivity index (χ2n) is 4.93. The number of hydrogen-bond donors (Lipinski definition) is 0. The minimum atomic E-state index is -0.202. The van der Waals surface area contributed by atoms with Crippen molar-refractivity contribution in [3.8, 4) is 0 Å². The Balaban J connectivity index is 2.03. The van der Waals surface area contributed by atoms with E-state index < -0.39 is 0 Å². The molecule has 1 aromatic carbocycles. The van der Waals surface area contributed by atoms with Gasteiger partial charge in [0.2, 0.25) is 0 Å². The van der Waals surface area contributed by atoms with Crippen LogP contribution in [-0.4, -0.2) is 25.0 Å². The lowest BCUT2D eigenvalue weighted by Gasteiger charge is -2.18. The summed E-state index contributed by atoms with van der Waals surface area (Å²) in [4.78, 5) is 15.0. The van der Waals surface area contributed by atoms with Gasteiger partial charge in [0.25, 0.3) is 0 Å². The van der Waals surface area contributed by atoms with Crippen molar-refractivity contribution in [2.45, 2.75) is 19.5 Å². The molecule has 1 heterocycles. The molecular weight excluding hydrogens is 350 g/mol. The van der Waals surface area contributed by atoms with E-state index in [0.717, 1.165) is 23.1 Å². The third kappa shape index (κ3) is 4.95. The molecule has 0 aliphatic rings. The van der Waals surface area contributed by atoms with Gasteiger partial charge in [-0.25, -0.2) is 0 Å². The maximum Gasteiger partial charge on any atom is 0.309 e. The molecule has 0 unspecified atom stereocenters. The third-order valence-electron chi connectivity index (χ3n) is 3.17. The molecule has 0 radical (unpaired) electrons. The monoisotopic (exact) mass is 367 g/mol. The molecule has 2 rings (SSSR count). The Hall–Kier alpha value is -1.17. The predicted octanol–water partition coefficient (Wildman–Crippen LogP) is 3.86. The summed E-state index contributed by atoms with van der Waals surface area (Å²) >= 11 is 5.22. The maximum absolute atomic E-state index is 11.5. The average molecular weight is 368 g/mol. The summed E-state index contributed by atoms with van der Waals surface area (Å²) in [5.74, 6) is -0.202. The molecule has 2 aromatic rings. The van der Waals surface area contributed by atoms with Crippen LogP contribution in [0, 0.1) is 0 Å². The molecule has 5 heteroatoms. The molecule has 3 nitrogen and oxygen atoms in total. The summed E-state index contributed by atoms with van der Waals surface area (Å²) in [6, 6.07) is 10.2. The number of hydrogen-bond acceptors (Lipinski definition) is 4. The number of nitrogens with zero attached hydrogens (tertiary/aromatic N) is 1. The van der Waals surface area contributed by atoms with Crippen LogP contribution in [0.1, 0.15) is 16.0 Å². The van der Waals surface area contributed by atoms with Gasteiger partial charge in [-0.15, -0.1) is 11.3 Å². The van der Waals surface area contributed by atoms with E-state index in [1.165, 1.54) is 17.6 Å². The zero-order valence-electron chi connectivity index (χ0n) is 12.1. The number of carbonyl (C=O) groups excluding carboxylic acids is 1. The molecule has 1 aromatic heterocycles. The lowest BCUT2D eigenvalue weighted by Crippen LogP contribution is -2.18. The molecule has 0 aliphatic heterocycles. The Kier molecular flexibility index (Phi) is 5.96. The fraction of sp³-hybridized carbons (Fsp3) is 0.312. The lowest BCUT2D eigenvalue weighted by molar-refractivity contribution is -0.139. The van der Waals surface area contributed by atoms with Gasteiger partial charge in [-0.05, 0) is 40.2 Å². The van der Waals surface area contributed by atoms with Crippen LogP contribution in [0.25, 0.3) is 0 Å². The maximum atomic E-state index is 11.5. The number of esters is 1. The number of thiophene rings is 1. The highest BCUT2D eigenvalue weighted by molar-refractivity contribution is 9.10. The first-order valence-electron chi connectivity index (χ1n) is 6.63. The lowest BCUT2D eigenvalue weighted by atomic mass is 10.0. The number of methoxy groups -OCH3 is 1. The van der Waals surface area contributed by atoms with Crippen molar-refractivity contribution in [3.63, 3.8) is 0 Å². The van der Waals surface area contributed by atoms with E-state index in [4.69, 9.17) is 4.74 Å². The first-order chi connectivity index (χ1) is 10.1. The Morgan fingerprint density at radius 1 is 1.29 bits per heavy atom. The van der Waals surface area contributed by atoms with Crippen LogP contribution < -0.4 is 0 Å². The quantitative estimate of drug-likeness (QED) is 0.726. The molecule has 0 atom stereocenters. The first kappa shape index (κ1) is 16.2. The standard InChI is InChI=1S/C16H18BrNO2S/c1-18(10-15-8-14(17)11-21-15)9-13-6-4-3-5-12(13)7-16(19)20-2/h3-6,8,11H,7,9-10H2,1-2H3. The number of halogens is 1. The number of carbonyl (C=O) groups is 1. The van der Waals surface area contributed by atoms with E-state index in [2.05, 4.69) is 45.4 Å². The molecule has 0 bridgehead atoms. The van der Waals surface area contributed by atoms with Gasteiger partial charge in [0.1, 0.15) is 0 Å². The predicted molar refractivity (Wildman–Crippen MR) is 89.4 cm³/mol. The van der Waals surface area contributed by atoms with Gasteiger partial charge >= 0.3 is 5.97 Å². The molecule has 0 N–H and O–H groups in total. The van der Waals surface area contributed by atoms with E-state index in [1.807, 2.05) is 18.2 Å². The highest BCUT2D eigenvalue weighted by atomic mass is 79.9. The molecule has 0 fully saturated rings.